The molecular formula is C17H23NO4. The summed E-state index contributed by atoms with van der Waals surface area (Å²) >= 11 is 0. The quantitative estimate of drug-likeness (QED) is 0.590. The van der Waals surface area contributed by atoms with Gasteiger partial charge in [-0.2, -0.15) is 5.26 Å². The molecule has 0 bridgehead atoms. The Morgan fingerprint density at radius 1 is 1.41 bits per heavy atom. The number of aliphatic hydroxyl groups excluding tert-OH is 1. The van der Waals surface area contributed by atoms with E-state index in [1.807, 2.05) is 6.92 Å². The third-order valence-electron chi connectivity index (χ3n) is 5.99. The number of ether oxygens (including phenoxy) is 2. The van der Waals surface area contributed by atoms with Crippen molar-refractivity contribution in [2.24, 2.45) is 23.2 Å². The van der Waals surface area contributed by atoms with Gasteiger partial charge in [-0.05, 0) is 37.2 Å². The molecule has 1 heterocycles. The molecular weight excluding hydrogens is 282 g/mol. The lowest BCUT2D eigenvalue weighted by molar-refractivity contribution is -0.156. The van der Waals surface area contributed by atoms with Gasteiger partial charge in [-0.3, -0.25) is 0 Å². The van der Waals surface area contributed by atoms with E-state index < -0.39 is 23.2 Å². The molecule has 1 saturated heterocycles. The summed E-state index contributed by atoms with van der Waals surface area (Å²) in [5.41, 5.74) is -0.850. The molecule has 7 atom stereocenters. The maximum absolute atomic E-state index is 12.3. The van der Waals surface area contributed by atoms with E-state index in [0.29, 0.717) is 12.8 Å². The van der Waals surface area contributed by atoms with E-state index in [-0.39, 0.29) is 23.7 Å². The van der Waals surface area contributed by atoms with Gasteiger partial charge in [-0.1, -0.05) is 19.9 Å². The van der Waals surface area contributed by atoms with Crippen molar-refractivity contribution in [1.82, 2.24) is 0 Å². The molecule has 1 saturated carbocycles. The van der Waals surface area contributed by atoms with Gasteiger partial charge in [0, 0.05) is 13.0 Å². The minimum atomic E-state index is -0.986. The summed E-state index contributed by atoms with van der Waals surface area (Å²) in [6, 6.07) is 2.46. The van der Waals surface area contributed by atoms with Crippen molar-refractivity contribution < 1.29 is 19.4 Å². The van der Waals surface area contributed by atoms with Crippen molar-refractivity contribution in [3.05, 3.63) is 11.6 Å². The van der Waals surface area contributed by atoms with E-state index >= 15 is 0 Å². The highest BCUT2D eigenvalue weighted by molar-refractivity contribution is 5.83. The van der Waals surface area contributed by atoms with Crippen LogP contribution in [-0.2, 0) is 14.3 Å². The number of hydrogen-bond acceptors (Lipinski definition) is 5. The molecule has 5 heteroatoms. The molecule has 120 valence electrons. The Bertz CT molecular complexity index is 580. The summed E-state index contributed by atoms with van der Waals surface area (Å²) in [7, 11) is 1.52. The van der Waals surface area contributed by atoms with E-state index in [1.165, 1.54) is 7.11 Å². The number of nitrogens with zero attached hydrogens (tertiary/aromatic N) is 1. The van der Waals surface area contributed by atoms with Crippen LogP contribution in [0.1, 0.15) is 33.6 Å². The van der Waals surface area contributed by atoms with Crippen LogP contribution in [0.15, 0.2) is 11.6 Å². The van der Waals surface area contributed by atoms with Crippen LogP contribution < -0.4 is 0 Å². The number of methoxy groups -OCH3 is 1. The zero-order chi connectivity index (χ0) is 16.3. The van der Waals surface area contributed by atoms with Gasteiger partial charge in [-0.15, -0.1) is 0 Å². The second kappa shape index (κ2) is 4.81. The number of aliphatic hydroxyl groups is 1. The number of carbonyl (C=O) groups is 1. The Hall–Kier alpha value is -1.38. The highest BCUT2D eigenvalue weighted by Gasteiger charge is 2.64. The molecule has 0 aromatic carbocycles. The van der Waals surface area contributed by atoms with E-state index in [1.54, 1.807) is 13.0 Å². The summed E-state index contributed by atoms with van der Waals surface area (Å²) in [5, 5.41) is 20.0. The van der Waals surface area contributed by atoms with Gasteiger partial charge in [-0.25, -0.2) is 4.79 Å². The van der Waals surface area contributed by atoms with Gasteiger partial charge >= 0.3 is 5.97 Å². The molecule has 1 aliphatic heterocycles. The van der Waals surface area contributed by atoms with Crippen molar-refractivity contribution >= 4 is 5.97 Å². The van der Waals surface area contributed by atoms with Gasteiger partial charge in [0.1, 0.15) is 6.10 Å². The van der Waals surface area contributed by atoms with Crippen LogP contribution in [0.5, 0.6) is 0 Å². The van der Waals surface area contributed by atoms with Crippen LogP contribution >= 0.6 is 0 Å². The monoisotopic (exact) mass is 305 g/mol. The van der Waals surface area contributed by atoms with Gasteiger partial charge < -0.3 is 14.6 Å². The van der Waals surface area contributed by atoms with E-state index in [4.69, 9.17) is 9.47 Å². The first-order valence-electron chi connectivity index (χ1n) is 7.87. The molecule has 3 rings (SSSR count). The Labute approximate surface area is 130 Å². The lowest BCUT2D eigenvalue weighted by Gasteiger charge is -2.48. The summed E-state index contributed by atoms with van der Waals surface area (Å²) in [6.45, 7) is 5.77. The van der Waals surface area contributed by atoms with Crippen molar-refractivity contribution in [2.75, 3.05) is 7.11 Å². The smallest absolute Gasteiger partial charge is 0.339 e. The zero-order valence-electron chi connectivity index (χ0n) is 13.5. The molecule has 1 N–H and O–H groups in total. The van der Waals surface area contributed by atoms with Crippen LogP contribution in [0.2, 0.25) is 0 Å². The van der Waals surface area contributed by atoms with Crippen molar-refractivity contribution in [3.8, 4) is 6.07 Å². The maximum atomic E-state index is 12.3. The number of esters is 1. The molecule has 22 heavy (non-hydrogen) atoms. The summed E-state index contributed by atoms with van der Waals surface area (Å²) in [4.78, 5) is 12.3. The largest absolute Gasteiger partial charge is 0.455 e. The third-order valence-corrected chi connectivity index (χ3v) is 5.99. The van der Waals surface area contributed by atoms with E-state index in [9.17, 15) is 15.2 Å². The minimum Gasteiger partial charge on any atom is -0.455 e. The van der Waals surface area contributed by atoms with Gasteiger partial charge in [0.15, 0.2) is 5.60 Å². The van der Waals surface area contributed by atoms with Crippen LogP contribution in [0, 0.1) is 34.5 Å². The average Bonchev–Trinajstić information content (AvgIpc) is 2.75. The number of rotatable bonds is 1. The number of carbonyl (C=O) groups excluding carboxylic acids is 1. The average molecular weight is 305 g/mol. The first-order valence-corrected chi connectivity index (χ1v) is 7.87. The highest BCUT2D eigenvalue weighted by atomic mass is 16.6. The molecule has 3 aliphatic rings. The predicted molar refractivity (Wildman–Crippen MR) is 78.5 cm³/mol. The Morgan fingerprint density at radius 2 is 2.05 bits per heavy atom. The molecule has 2 fully saturated rings. The minimum absolute atomic E-state index is 0.0260. The first kappa shape index (κ1) is 15.5. The fourth-order valence-electron chi connectivity index (χ4n) is 4.75. The van der Waals surface area contributed by atoms with E-state index in [0.717, 1.165) is 5.57 Å². The summed E-state index contributed by atoms with van der Waals surface area (Å²) in [6.07, 6.45) is 1.95. The molecule has 2 aliphatic carbocycles. The SMILES string of the molecule is CO[C@]1(C)C(=O)O[C@H]2C3=C[C@@H](O)[C@H](C)C[C@@]3(C#N)C[C@H](C)[C@H]21. The van der Waals surface area contributed by atoms with Crippen molar-refractivity contribution in [1.29, 1.82) is 5.26 Å². The van der Waals surface area contributed by atoms with Gasteiger partial charge in [0.05, 0.1) is 17.6 Å². The zero-order valence-corrected chi connectivity index (χ0v) is 13.5. The maximum Gasteiger partial charge on any atom is 0.339 e. The second-order valence-corrected chi connectivity index (χ2v) is 7.33. The van der Waals surface area contributed by atoms with Crippen molar-refractivity contribution in [3.63, 3.8) is 0 Å². The normalized spacial score (nSPS) is 50.5. The molecule has 0 spiro atoms. The van der Waals surface area contributed by atoms with Crippen LogP contribution in [-0.4, -0.2) is 36.0 Å². The number of nitriles is 1. The third kappa shape index (κ3) is 1.80. The number of fused-ring (bicyclic) bond motifs is 3. The highest BCUT2D eigenvalue weighted by Crippen LogP contribution is 2.58. The Kier molecular flexibility index (Phi) is 3.39. The van der Waals surface area contributed by atoms with Crippen LogP contribution in [0.4, 0.5) is 0 Å². The molecule has 5 nitrogen and oxygen atoms in total. The lowest BCUT2D eigenvalue weighted by Crippen LogP contribution is -2.52. The molecule has 0 radical (unpaired) electrons. The fraction of sp³-hybridized carbons (Fsp3) is 0.765. The summed E-state index contributed by atoms with van der Waals surface area (Å²) in [5.74, 6) is -0.350. The molecule has 0 aromatic rings. The van der Waals surface area contributed by atoms with Gasteiger partial charge in [0.2, 0.25) is 0 Å². The predicted octanol–water partition coefficient (Wildman–Crippen LogP) is 1.81. The van der Waals surface area contributed by atoms with E-state index in [2.05, 4.69) is 13.0 Å². The number of hydrogen-bond donors (Lipinski definition) is 1. The Morgan fingerprint density at radius 3 is 2.64 bits per heavy atom. The fourth-order valence-corrected chi connectivity index (χ4v) is 4.75. The first-order chi connectivity index (χ1) is 10.3. The molecule has 0 unspecified atom stereocenters. The van der Waals surface area contributed by atoms with Crippen LogP contribution in [0.25, 0.3) is 0 Å². The standard InChI is InChI=1S/C17H23NO4/c1-9-6-17(8-18)7-10(2)13-14(11(17)5-12(9)19)22-15(20)16(13,3)21-4/h5,9-10,12-14,19H,6-7H2,1-4H3/t9-,10+,12-,13-,14+,16+,17+/m1/s1. The Balaban J connectivity index is 2.11. The van der Waals surface area contributed by atoms with Crippen LogP contribution in [0.3, 0.4) is 0 Å². The lowest BCUT2D eigenvalue weighted by atomic mass is 9.55. The van der Waals surface area contributed by atoms with Crippen molar-refractivity contribution in [2.45, 2.75) is 51.4 Å². The molecule has 0 amide bonds. The molecule has 0 aromatic heterocycles. The van der Waals surface area contributed by atoms with Gasteiger partial charge in [0.25, 0.3) is 0 Å². The summed E-state index contributed by atoms with van der Waals surface area (Å²) < 4.78 is 11.1. The second-order valence-electron chi connectivity index (χ2n) is 7.33. The topological polar surface area (TPSA) is 79.6 Å².